The summed E-state index contributed by atoms with van der Waals surface area (Å²) < 4.78 is 249. The van der Waals surface area contributed by atoms with Gasteiger partial charge in [0.25, 0.3) is 0 Å². The van der Waals surface area contributed by atoms with E-state index in [-0.39, 0.29) is 5.19 Å². The van der Waals surface area contributed by atoms with E-state index in [0.717, 1.165) is 40.8 Å². The minimum atomic E-state index is -7.51. The number of benzene rings is 7. The van der Waals surface area contributed by atoms with Gasteiger partial charge in [0, 0.05) is 64.2 Å². The van der Waals surface area contributed by atoms with E-state index >= 15 is 0 Å². The van der Waals surface area contributed by atoms with E-state index in [1.165, 1.54) is 18.2 Å². The molecule has 9 aromatic rings. The average Bonchev–Trinajstić information content (AvgIpc) is 1.18. The molecule has 7 aromatic carbocycles. The first kappa shape index (κ1) is 20.0. The summed E-state index contributed by atoms with van der Waals surface area (Å²) in [7, 11) is -19.5. The first-order valence-corrected chi connectivity index (χ1v) is 23.6. The van der Waals surface area contributed by atoms with Gasteiger partial charge in [0.2, 0.25) is 5.78 Å². The van der Waals surface area contributed by atoms with E-state index < -0.39 is 118 Å². The van der Waals surface area contributed by atoms with Crippen molar-refractivity contribution in [2.24, 2.45) is 10.8 Å². The molecule has 4 nitrogen and oxygen atoms in total. The van der Waals surface area contributed by atoms with Crippen LogP contribution in [0.25, 0.3) is 33.5 Å². The van der Waals surface area contributed by atoms with Gasteiger partial charge in [0.1, 0.15) is 11.5 Å². The van der Waals surface area contributed by atoms with Crippen molar-refractivity contribution in [2.75, 3.05) is 0 Å². The smallest absolute Gasteiger partial charge is 0.220 e. The van der Waals surface area contributed by atoms with Gasteiger partial charge in [-0.2, -0.15) is 0 Å². The van der Waals surface area contributed by atoms with Gasteiger partial charge < -0.3 is 4.74 Å². The molecule has 0 spiro atoms. The van der Waals surface area contributed by atoms with Crippen LogP contribution >= 0.6 is 0 Å². The standard InChI is InChI=1S/C54H55N3OSi3/c1-52(2,3)36-59-54(60-37-53(4,5)6)42-27-13-18-33-48(42)58-50-43(54)28-20-34-49(50)61(39-22-9-7-10-23-39,40-24-11-8-12-25-40)41-26-19-21-38(35-41)56-46-31-16-17-32-47(46)57-45-30-15-14-29-44(45)55-51(56)57/h7-35H,36-37,59-60H2,1-6H3/i1D3,2D3,3D3,4D3,5D3,6D3,36D2,37D2,59D2,60D2. The highest BCUT2D eigenvalue weighted by Gasteiger charge is 2.49. The fraction of sp³-hybridized carbons (Fsp3) is 0.204. The van der Waals surface area contributed by atoms with E-state index in [4.69, 9.17) is 34.4 Å². The second-order valence-corrected chi connectivity index (χ2v) is 21.9. The van der Waals surface area contributed by atoms with Crippen molar-refractivity contribution in [3.8, 4) is 17.2 Å². The third kappa shape index (κ3) is 6.65. The Morgan fingerprint density at radius 2 is 1.16 bits per heavy atom. The Balaban J connectivity index is 1.45. The molecule has 0 fully saturated rings. The summed E-state index contributed by atoms with van der Waals surface area (Å²) in [6.45, 7) is -27.6. The number of hydrogen-bond acceptors (Lipinski definition) is 2. The van der Waals surface area contributed by atoms with Gasteiger partial charge in [-0.05, 0) is 85.2 Å². The van der Waals surface area contributed by atoms with Crippen LogP contribution in [0.2, 0.25) is 12.0 Å². The summed E-state index contributed by atoms with van der Waals surface area (Å²) in [5.41, 5.74) is -8.08. The molecule has 0 bridgehead atoms. The number of aromatic nitrogens is 3. The van der Waals surface area contributed by atoms with Gasteiger partial charge in [-0.25, -0.2) is 4.98 Å². The molecule has 0 saturated carbocycles. The Kier molecular flexibility index (Phi) is 4.91. The summed E-state index contributed by atoms with van der Waals surface area (Å²) in [6, 6.07) is 48.1. The zero-order valence-corrected chi connectivity index (χ0v) is 35.5. The maximum atomic E-state index is 10.8. The van der Waals surface area contributed by atoms with Crippen LogP contribution in [0.3, 0.4) is 0 Å². The number of para-hydroxylation sites is 6. The minimum absolute atomic E-state index is 0.0423. The van der Waals surface area contributed by atoms with E-state index in [0.29, 0.717) is 32.5 Å². The Morgan fingerprint density at radius 1 is 0.607 bits per heavy atom. The van der Waals surface area contributed by atoms with Crippen molar-refractivity contribution in [3.63, 3.8) is 0 Å². The quantitative estimate of drug-likeness (QED) is 0.107. The largest absolute Gasteiger partial charge is 0.457 e. The Morgan fingerprint density at radius 3 is 1.85 bits per heavy atom. The lowest BCUT2D eigenvalue weighted by atomic mass is 9.98. The van der Waals surface area contributed by atoms with Crippen LogP contribution in [0.1, 0.15) is 82.4 Å². The maximum Gasteiger partial charge on any atom is 0.220 e. The maximum absolute atomic E-state index is 10.8. The molecule has 0 unspecified atom stereocenters. The molecule has 0 amide bonds. The van der Waals surface area contributed by atoms with Crippen LogP contribution in [0, 0.1) is 10.8 Å². The zero-order valence-electron chi connectivity index (χ0n) is 58.5. The molecule has 0 radical (unpaired) electrons. The Hall–Kier alpha value is -5.74. The van der Waals surface area contributed by atoms with Crippen LogP contribution in [0.4, 0.5) is 0 Å². The molecule has 7 heteroatoms. The molecule has 0 atom stereocenters. The van der Waals surface area contributed by atoms with Crippen LogP contribution in [0.15, 0.2) is 176 Å². The number of rotatable bonds is 9. The van der Waals surface area contributed by atoms with E-state index in [1.54, 1.807) is 72.8 Å². The Labute approximate surface area is 401 Å². The van der Waals surface area contributed by atoms with Gasteiger partial charge in [-0.1, -0.05) is 187 Å². The van der Waals surface area contributed by atoms with Crippen molar-refractivity contribution in [1.82, 2.24) is 14.0 Å². The van der Waals surface area contributed by atoms with Crippen molar-refractivity contribution in [3.05, 3.63) is 187 Å². The molecular formula is C54H55N3OSi3. The van der Waals surface area contributed by atoms with Gasteiger partial charge in [0.05, 0.1) is 22.1 Å². The van der Waals surface area contributed by atoms with Gasteiger partial charge in [0.15, 0.2) is 8.07 Å². The fourth-order valence-electron chi connectivity index (χ4n) is 8.86. The lowest BCUT2D eigenvalue weighted by Crippen LogP contribution is -2.75. The van der Waals surface area contributed by atoms with Gasteiger partial charge in [-0.15, -0.1) is 0 Å². The highest BCUT2D eigenvalue weighted by Crippen LogP contribution is 2.49. The summed E-state index contributed by atoms with van der Waals surface area (Å²) >= 11 is 0. The van der Waals surface area contributed by atoms with E-state index in [2.05, 4.69) is 0 Å². The van der Waals surface area contributed by atoms with Crippen LogP contribution < -0.4 is 25.5 Å². The lowest BCUT2D eigenvalue weighted by Gasteiger charge is -2.45. The monoisotopic (exact) mass is 872 g/mol. The van der Waals surface area contributed by atoms with Gasteiger partial charge >= 0.3 is 0 Å². The van der Waals surface area contributed by atoms with Crippen LogP contribution in [-0.2, 0) is 4.66 Å². The number of imidazole rings is 2. The van der Waals surface area contributed by atoms with E-state index in [1.807, 2.05) is 69.6 Å². The summed E-state index contributed by atoms with van der Waals surface area (Å²) in [5.74, 6) is -10.6. The third-order valence-electron chi connectivity index (χ3n) is 11.3. The molecule has 3 heterocycles. The number of fused-ring (bicyclic) bond motifs is 7. The van der Waals surface area contributed by atoms with Crippen molar-refractivity contribution in [2.45, 2.75) is 57.8 Å². The molecule has 0 aliphatic carbocycles. The predicted octanol–water partition coefficient (Wildman–Crippen LogP) is 9.38. The first-order chi connectivity index (χ1) is 40.1. The Bertz CT molecular complexity index is 3920. The molecule has 0 N–H and O–H groups in total. The van der Waals surface area contributed by atoms with E-state index in [9.17, 15) is 10.4 Å². The normalized spacial score (nSPS) is 22.4. The zero-order chi connectivity index (χ0) is 64.2. The SMILES string of the molecule is [2H]C([2H])([2H])C(C([2H])([2H])[2H])(C([2H])([2H])[2H])C([2H])([2H])[Si]([2H])([2H])C1([Si]([2H])([2H])C([2H])([2H])C(C([2H])([2H])[2H])(C([2H])([2H])[2H])C([2H])([2H])[2H])c2ccccc2Oc2c1cccc2[Si](c1ccccc1)(c1ccccc1)c1cccc(-n2c3ccccc3n3c4ccccc4nc23)c1. The topological polar surface area (TPSA) is 31.5 Å². The van der Waals surface area contributed by atoms with Crippen molar-refractivity contribution >= 4 is 75.4 Å². The van der Waals surface area contributed by atoms with Crippen LogP contribution in [-0.4, -0.2) is 45.7 Å². The highest BCUT2D eigenvalue weighted by molar-refractivity contribution is 7.20. The average molecular weight is 872 g/mol. The van der Waals surface area contributed by atoms with Gasteiger partial charge in [-0.3, -0.25) is 8.97 Å². The number of hydrogen-bond donors (Lipinski definition) is 0. The second kappa shape index (κ2) is 15.0. The second-order valence-electron chi connectivity index (χ2n) is 15.1. The molecule has 1 aliphatic rings. The molecule has 2 aromatic heterocycles. The summed E-state index contributed by atoms with van der Waals surface area (Å²) in [4.78, 5) is 5.08. The predicted molar refractivity (Wildman–Crippen MR) is 266 cm³/mol. The summed E-state index contributed by atoms with van der Waals surface area (Å²) in [6.07, 6.45) is 0. The molecular weight excluding hydrogens is 791 g/mol. The number of nitrogens with zero attached hydrogens (tertiary/aromatic N) is 3. The fourth-order valence-corrected chi connectivity index (χ4v) is 16.5. The lowest BCUT2D eigenvalue weighted by molar-refractivity contribution is 0.441. The first-order valence-electron chi connectivity index (χ1n) is 32.6. The highest BCUT2D eigenvalue weighted by atomic mass is 28.3. The molecule has 0 saturated heterocycles. The third-order valence-corrected chi connectivity index (χ3v) is 19.6. The summed E-state index contributed by atoms with van der Waals surface area (Å²) in [5, 5.41) is 1.62. The van der Waals surface area contributed by atoms with Crippen molar-refractivity contribution < 1.29 is 34.9 Å². The van der Waals surface area contributed by atoms with Crippen LogP contribution in [0.5, 0.6) is 11.5 Å². The molecule has 1 aliphatic heterocycles. The van der Waals surface area contributed by atoms with Crippen molar-refractivity contribution in [1.29, 1.82) is 4.94 Å². The molecule has 10 rings (SSSR count). The molecule has 304 valence electrons. The minimum Gasteiger partial charge on any atom is -0.457 e. The molecule has 61 heavy (non-hydrogen) atoms. The number of ether oxygens (including phenoxy) is 1.